The standard InChI is InChI=1S/C15H29N3O/c1-17(2)12-13-6-9-18(10-7-13)15(19)11-14-5-3-4-8-16-14/h13-14,16H,3-12H2,1-2H3. The van der Waals surface area contributed by atoms with Crippen molar-refractivity contribution in [3.63, 3.8) is 0 Å². The van der Waals surface area contributed by atoms with Crippen LogP contribution in [-0.2, 0) is 4.79 Å². The predicted octanol–water partition coefficient (Wildman–Crippen LogP) is 1.32. The summed E-state index contributed by atoms with van der Waals surface area (Å²) in [6, 6.07) is 0.431. The van der Waals surface area contributed by atoms with Crippen LogP contribution >= 0.6 is 0 Å². The summed E-state index contributed by atoms with van der Waals surface area (Å²) in [7, 11) is 4.26. The van der Waals surface area contributed by atoms with Crippen LogP contribution in [0.1, 0.15) is 38.5 Å². The Morgan fingerprint density at radius 3 is 2.53 bits per heavy atom. The molecule has 0 aromatic rings. The summed E-state index contributed by atoms with van der Waals surface area (Å²) in [6.45, 7) is 4.17. The van der Waals surface area contributed by atoms with Crippen LogP contribution in [0.4, 0.5) is 0 Å². The molecule has 2 aliphatic rings. The highest BCUT2D eigenvalue weighted by atomic mass is 16.2. The molecule has 0 spiro atoms. The Bertz CT molecular complexity index is 279. The number of likely N-dealkylation sites (tertiary alicyclic amines) is 1. The summed E-state index contributed by atoms with van der Waals surface area (Å²) in [5.41, 5.74) is 0. The van der Waals surface area contributed by atoms with Crippen LogP contribution in [0.15, 0.2) is 0 Å². The summed E-state index contributed by atoms with van der Waals surface area (Å²) in [5.74, 6) is 1.13. The SMILES string of the molecule is CN(C)CC1CCN(C(=O)CC2CCCCN2)CC1. The minimum absolute atomic E-state index is 0.364. The van der Waals surface area contributed by atoms with Gasteiger partial charge in [-0.05, 0) is 52.2 Å². The third kappa shape index (κ3) is 4.77. The lowest BCUT2D eigenvalue weighted by atomic mass is 9.95. The van der Waals surface area contributed by atoms with Gasteiger partial charge in [-0.15, -0.1) is 0 Å². The van der Waals surface area contributed by atoms with Gasteiger partial charge in [-0.25, -0.2) is 0 Å². The molecule has 1 N–H and O–H groups in total. The van der Waals surface area contributed by atoms with Crippen LogP contribution in [0.2, 0.25) is 0 Å². The third-order valence-electron chi connectivity index (χ3n) is 4.42. The van der Waals surface area contributed by atoms with Gasteiger partial charge in [0, 0.05) is 32.1 Å². The van der Waals surface area contributed by atoms with E-state index in [-0.39, 0.29) is 0 Å². The monoisotopic (exact) mass is 267 g/mol. The summed E-state index contributed by atoms with van der Waals surface area (Å²) in [5, 5.41) is 3.47. The first-order valence-electron chi connectivity index (χ1n) is 7.81. The zero-order valence-corrected chi connectivity index (χ0v) is 12.5. The second-order valence-electron chi connectivity index (χ2n) is 6.44. The number of hydrogen-bond acceptors (Lipinski definition) is 3. The molecular weight excluding hydrogens is 238 g/mol. The highest BCUT2D eigenvalue weighted by molar-refractivity contribution is 5.76. The van der Waals surface area contributed by atoms with Crippen LogP contribution in [0, 0.1) is 5.92 Å². The first-order valence-corrected chi connectivity index (χ1v) is 7.81. The number of piperidine rings is 2. The second-order valence-corrected chi connectivity index (χ2v) is 6.44. The van der Waals surface area contributed by atoms with E-state index in [9.17, 15) is 4.79 Å². The molecule has 2 heterocycles. The molecule has 19 heavy (non-hydrogen) atoms. The molecule has 4 heteroatoms. The normalized spacial score (nSPS) is 25.8. The van der Waals surface area contributed by atoms with Crippen molar-refractivity contribution < 1.29 is 4.79 Å². The van der Waals surface area contributed by atoms with Gasteiger partial charge in [0.05, 0.1) is 0 Å². The van der Waals surface area contributed by atoms with Gasteiger partial charge in [-0.2, -0.15) is 0 Å². The zero-order valence-electron chi connectivity index (χ0n) is 12.5. The van der Waals surface area contributed by atoms with Crippen LogP contribution in [-0.4, -0.2) is 62.0 Å². The molecule has 0 aliphatic carbocycles. The molecule has 0 bridgehead atoms. The van der Waals surface area contributed by atoms with Crippen molar-refractivity contribution in [3.8, 4) is 0 Å². The minimum Gasteiger partial charge on any atom is -0.343 e. The number of amides is 1. The third-order valence-corrected chi connectivity index (χ3v) is 4.42. The first-order chi connectivity index (χ1) is 9.15. The van der Waals surface area contributed by atoms with E-state index in [4.69, 9.17) is 0 Å². The Hall–Kier alpha value is -0.610. The second kappa shape index (κ2) is 7.25. The molecule has 2 rings (SSSR count). The van der Waals surface area contributed by atoms with Crippen molar-refractivity contribution in [2.75, 3.05) is 40.3 Å². The largest absolute Gasteiger partial charge is 0.343 e. The molecule has 0 radical (unpaired) electrons. The van der Waals surface area contributed by atoms with Gasteiger partial charge in [-0.1, -0.05) is 6.42 Å². The maximum Gasteiger partial charge on any atom is 0.224 e. The smallest absolute Gasteiger partial charge is 0.224 e. The number of carbonyl (C=O) groups excluding carboxylic acids is 1. The van der Waals surface area contributed by atoms with E-state index in [0.29, 0.717) is 18.4 Å². The molecule has 0 aromatic carbocycles. The molecule has 110 valence electrons. The van der Waals surface area contributed by atoms with E-state index in [1.54, 1.807) is 0 Å². The fraction of sp³-hybridized carbons (Fsp3) is 0.933. The van der Waals surface area contributed by atoms with Gasteiger partial charge in [0.15, 0.2) is 0 Å². The topological polar surface area (TPSA) is 35.6 Å². The van der Waals surface area contributed by atoms with E-state index in [1.165, 1.54) is 32.1 Å². The molecular formula is C15H29N3O. The molecule has 2 saturated heterocycles. The summed E-state index contributed by atoms with van der Waals surface area (Å²) < 4.78 is 0. The highest BCUT2D eigenvalue weighted by Crippen LogP contribution is 2.19. The van der Waals surface area contributed by atoms with E-state index in [0.717, 1.165) is 32.1 Å². The van der Waals surface area contributed by atoms with Crippen molar-refractivity contribution in [1.82, 2.24) is 15.1 Å². The Kier molecular flexibility index (Phi) is 5.64. The van der Waals surface area contributed by atoms with Crippen LogP contribution in [0.5, 0.6) is 0 Å². The first kappa shape index (κ1) is 14.8. The molecule has 2 fully saturated rings. The van der Waals surface area contributed by atoms with Crippen molar-refractivity contribution in [2.24, 2.45) is 5.92 Å². The van der Waals surface area contributed by atoms with Gasteiger partial charge in [0.25, 0.3) is 0 Å². The van der Waals surface area contributed by atoms with Gasteiger partial charge in [0.2, 0.25) is 5.91 Å². The van der Waals surface area contributed by atoms with E-state index in [1.807, 2.05) is 0 Å². The van der Waals surface area contributed by atoms with Crippen LogP contribution < -0.4 is 5.32 Å². The molecule has 4 nitrogen and oxygen atoms in total. The number of hydrogen-bond donors (Lipinski definition) is 1. The van der Waals surface area contributed by atoms with Gasteiger partial charge in [0.1, 0.15) is 0 Å². The van der Waals surface area contributed by atoms with Crippen molar-refractivity contribution in [3.05, 3.63) is 0 Å². The van der Waals surface area contributed by atoms with E-state index < -0.39 is 0 Å². The minimum atomic E-state index is 0.364. The zero-order chi connectivity index (χ0) is 13.7. The average Bonchev–Trinajstić information content (AvgIpc) is 2.40. The number of nitrogens with one attached hydrogen (secondary N) is 1. The average molecular weight is 267 g/mol. The molecule has 1 amide bonds. The quantitative estimate of drug-likeness (QED) is 0.834. The van der Waals surface area contributed by atoms with Gasteiger partial charge >= 0.3 is 0 Å². The van der Waals surface area contributed by atoms with E-state index in [2.05, 4.69) is 29.2 Å². The highest BCUT2D eigenvalue weighted by Gasteiger charge is 2.25. The molecule has 2 aliphatic heterocycles. The lowest BCUT2D eigenvalue weighted by Crippen LogP contribution is -2.44. The molecule has 1 unspecified atom stereocenters. The summed E-state index contributed by atoms with van der Waals surface area (Å²) in [6.07, 6.45) is 6.75. The Morgan fingerprint density at radius 2 is 1.95 bits per heavy atom. The maximum absolute atomic E-state index is 12.3. The number of carbonyl (C=O) groups is 1. The van der Waals surface area contributed by atoms with Crippen molar-refractivity contribution >= 4 is 5.91 Å². The Balaban J connectivity index is 1.69. The lowest BCUT2D eigenvalue weighted by Gasteiger charge is -2.34. The molecule has 0 saturated carbocycles. The fourth-order valence-corrected chi connectivity index (χ4v) is 3.32. The van der Waals surface area contributed by atoms with Crippen LogP contribution in [0.25, 0.3) is 0 Å². The predicted molar refractivity (Wildman–Crippen MR) is 78.1 cm³/mol. The summed E-state index contributed by atoms with van der Waals surface area (Å²) >= 11 is 0. The fourth-order valence-electron chi connectivity index (χ4n) is 3.32. The number of rotatable bonds is 4. The summed E-state index contributed by atoms with van der Waals surface area (Å²) in [4.78, 5) is 16.6. The Labute approximate surface area is 117 Å². The van der Waals surface area contributed by atoms with Crippen molar-refractivity contribution in [1.29, 1.82) is 0 Å². The van der Waals surface area contributed by atoms with Gasteiger partial charge < -0.3 is 15.1 Å². The lowest BCUT2D eigenvalue weighted by molar-refractivity contribution is -0.133. The number of nitrogens with zero attached hydrogens (tertiary/aromatic N) is 2. The van der Waals surface area contributed by atoms with E-state index >= 15 is 0 Å². The van der Waals surface area contributed by atoms with Crippen molar-refractivity contribution in [2.45, 2.75) is 44.6 Å². The van der Waals surface area contributed by atoms with Gasteiger partial charge in [-0.3, -0.25) is 4.79 Å². The maximum atomic E-state index is 12.3. The molecule has 0 aromatic heterocycles. The Morgan fingerprint density at radius 1 is 1.21 bits per heavy atom. The molecule has 1 atom stereocenters. The van der Waals surface area contributed by atoms with Crippen LogP contribution in [0.3, 0.4) is 0 Å².